The monoisotopic (exact) mass is 189 g/mol. The van der Waals surface area contributed by atoms with Crippen molar-refractivity contribution in [1.29, 1.82) is 0 Å². The van der Waals surface area contributed by atoms with Gasteiger partial charge in [0, 0.05) is 20.2 Å². The summed E-state index contributed by atoms with van der Waals surface area (Å²) in [5, 5.41) is 0. The summed E-state index contributed by atoms with van der Waals surface area (Å²) in [6, 6.07) is -0.586. The Hall–Kier alpha value is -0.650. The van der Waals surface area contributed by atoms with Gasteiger partial charge in [-0.2, -0.15) is 0 Å². The number of amides is 1. The first-order chi connectivity index (χ1) is 6.11. The zero-order valence-corrected chi connectivity index (χ0v) is 8.32. The van der Waals surface area contributed by atoms with Gasteiger partial charge in [0.15, 0.2) is 0 Å². The first-order valence-electron chi connectivity index (χ1n) is 4.38. The molecule has 0 fully saturated rings. The van der Waals surface area contributed by atoms with Crippen LogP contribution in [0.3, 0.4) is 0 Å². The zero-order chi connectivity index (χ0) is 10.3. The smallest absolute Gasteiger partial charge is 0.235 e. The van der Waals surface area contributed by atoms with Gasteiger partial charge in [-0.25, -0.2) is 0 Å². The van der Waals surface area contributed by atoms with Crippen molar-refractivity contribution in [2.24, 2.45) is 11.5 Å². The van der Waals surface area contributed by atoms with Crippen molar-refractivity contribution < 1.29 is 9.53 Å². The van der Waals surface area contributed by atoms with Gasteiger partial charge >= 0.3 is 0 Å². The molecule has 0 aromatic rings. The van der Waals surface area contributed by atoms with E-state index in [1.807, 2.05) is 11.8 Å². The number of methoxy groups -OCH3 is 1. The standard InChI is InChI=1S/C8H19N3O2/c1-3-11(4-5-13-2)6-7(9)8(10)12/h7H,3-6,9H2,1-2H3,(H2,10,12). The van der Waals surface area contributed by atoms with Crippen LogP contribution in [0.1, 0.15) is 6.92 Å². The molecule has 0 radical (unpaired) electrons. The second-order valence-electron chi connectivity index (χ2n) is 2.89. The van der Waals surface area contributed by atoms with Crippen molar-refractivity contribution in [3.63, 3.8) is 0 Å². The Morgan fingerprint density at radius 1 is 1.62 bits per heavy atom. The summed E-state index contributed by atoms with van der Waals surface area (Å²) in [6.07, 6.45) is 0. The Bertz CT molecular complexity index is 152. The fraction of sp³-hybridized carbons (Fsp3) is 0.875. The summed E-state index contributed by atoms with van der Waals surface area (Å²) in [4.78, 5) is 12.7. The number of nitrogens with two attached hydrogens (primary N) is 2. The van der Waals surface area contributed by atoms with Crippen molar-refractivity contribution in [3.05, 3.63) is 0 Å². The molecule has 0 saturated carbocycles. The quantitative estimate of drug-likeness (QED) is 0.525. The number of carbonyl (C=O) groups excluding carboxylic acids is 1. The minimum absolute atomic E-state index is 0.462. The minimum atomic E-state index is -0.586. The van der Waals surface area contributed by atoms with Crippen molar-refractivity contribution in [1.82, 2.24) is 4.90 Å². The third kappa shape index (κ3) is 5.57. The maximum Gasteiger partial charge on any atom is 0.235 e. The molecule has 0 aliphatic heterocycles. The van der Waals surface area contributed by atoms with Gasteiger partial charge in [-0.1, -0.05) is 6.92 Å². The van der Waals surface area contributed by atoms with Gasteiger partial charge in [0.05, 0.1) is 12.6 Å². The lowest BCUT2D eigenvalue weighted by molar-refractivity contribution is -0.119. The van der Waals surface area contributed by atoms with Gasteiger partial charge in [0.25, 0.3) is 0 Å². The number of nitrogens with zero attached hydrogens (tertiary/aromatic N) is 1. The second-order valence-corrected chi connectivity index (χ2v) is 2.89. The third-order valence-electron chi connectivity index (χ3n) is 1.88. The Balaban J connectivity index is 3.75. The number of hydrogen-bond acceptors (Lipinski definition) is 4. The Labute approximate surface area is 79.0 Å². The highest BCUT2D eigenvalue weighted by Gasteiger charge is 2.12. The topological polar surface area (TPSA) is 81.6 Å². The molecule has 78 valence electrons. The molecule has 0 aliphatic rings. The molecule has 0 rings (SSSR count). The van der Waals surface area contributed by atoms with Crippen LogP contribution in [-0.4, -0.2) is 50.2 Å². The van der Waals surface area contributed by atoms with Gasteiger partial charge in [-0.15, -0.1) is 0 Å². The van der Waals surface area contributed by atoms with Crippen molar-refractivity contribution in [3.8, 4) is 0 Å². The SMILES string of the molecule is CCN(CCOC)CC(N)C(N)=O. The lowest BCUT2D eigenvalue weighted by Crippen LogP contribution is -2.46. The molecule has 1 atom stereocenters. The summed E-state index contributed by atoms with van der Waals surface area (Å²) in [5.41, 5.74) is 10.6. The van der Waals surface area contributed by atoms with Crippen LogP contribution in [-0.2, 0) is 9.53 Å². The number of hydrogen-bond donors (Lipinski definition) is 2. The van der Waals surface area contributed by atoms with E-state index in [0.29, 0.717) is 13.2 Å². The molecule has 0 aliphatic carbocycles. The van der Waals surface area contributed by atoms with Crippen molar-refractivity contribution >= 4 is 5.91 Å². The average Bonchev–Trinajstić information content (AvgIpc) is 2.11. The fourth-order valence-electron chi connectivity index (χ4n) is 0.967. The van der Waals surface area contributed by atoms with Crippen LogP contribution in [0, 0.1) is 0 Å². The second kappa shape index (κ2) is 6.82. The van der Waals surface area contributed by atoms with E-state index in [0.717, 1.165) is 13.1 Å². The Morgan fingerprint density at radius 3 is 2.62 bits per heavy atom. The van der Waals surface area contributed by atoms with Crippen molar-refractivity contribution in [2.45, 2.75) is 13.0 Å². The number of likely N-dealkylation sites (N-methyl/N-ethyl adjacent to an activating group) is 1. The Kier molecular flexibility index (Phi) is 6.48. The van der Waals surface area contributed by atoms with E-state index in [2.05, 4.69) is 0 Å². The van der Waals surface area contributed by atoms with E-state index >= 15 is 0 Å². The van der Waals surface area contributed by atoms with Gasteiger partial charge in [0.1, 0.15) is 0 Å². The molecule has 0 bridgehead atoms. The van der Waals surface area contributed by atoms with Gasteiger partial charge in [-0.3, -0.25) is 9.69 Å². The number of ether oxygens (including phenoxy) is 1. The lowest BCUT2D eigenvalue weighted by atomic mass is 10.2. The largest absolute Gasteiger partial charge is 0.383 e. The first kappa shape index (κ1) is 12.3. The molecular weight excluding hydrogens is 170 g/mol. The normalized spacial score (nSPS) is 13.2. The summed E-state index contributed by atoms with van der Waals surface area (Å²) in [6.45, 7) is 4.75. The van der Waals surface area contributed by atoms with Crippen LogP contribution in [0.15, 0.2) is 0 Å². The number of rotatable bonds is 7. The number of primary amides is 1. The molecule has 0 aromatic carbocycles. The molecule has 0 heterocycles. The van der Waals surface area contributed by atoms with Crippen molar-refractivity contribution in [2.75, 3.05) is 33.4 Å². The molecule has 5 nitrogen and oxygen atoms in total. The minimum Gasteiger partial charge on any atom is -0.383 e. The maximum absolute atomic E-state index is 10.7. The summed E-state index contributed by atoms with van der Waals surface area (Å²) in [7, 11) is 1.64. The molecule has 5 heteroatoms. The highest BCUT2D eigenvalue weighted by atomic mass is 16.5. The van der Waals surface area contributed by atoms with E-state index in [1.165, 1.54) is 0 Å². The van der Waals surface area contributed by atoms with Gasteiger partial charge in [0.2, 0.25) is 5.91 Å². The van der Waals surface area contributed by atoms with Gasteiger partial charge in [-0.05, 0) is 6.54 Å². The average molecular weight is 189 g/mol. The predicted octanol–water partition coefficient (Wildman–Crippen LogP) is -1.23. The molecule has 13 heavy (non-hydrogen) atoms. The Morgan fingerprint density at radius 2 is 2.23 bits per heavy atom. The molecule has 0 spiro atoms. The third-order valence-corrected chi connectivity index (χ3v) is 1.88. The van der Waals surface area contributed by atoms with Crippen LogP contribution in [0.25, 0.3) is 0 Å². The van der Waals surface area contributed by atoms with Crippen LogP contribution in [0.4, 0.5) is 0 Å². The van der Waals surface area contributed by atoms with E-state index in [9.17, 15) is 4.79 Å². The fourth-order valence-corrected chi connectivity index (χ4v) is 0.967. The first-order valence-corrected chi connectivity index (χ1v) is 4.38. The van der Waals surface area contributed by atoms with Gasteiger partial charge < -0.3 is 16.2 Å². The van der Waals surface area contributed by atoms with Crippen LogP contribution in [0.5, 0.6) is 0 Å². The summed E-state index contributed by atoms with van der Waals surface area (Å²) in [5.74, 6) is -0.462. The van der Waals surface area contributed by atoms with E-state index in [-0.39, 0.29) is 0 Å². The highest BCUT2D eigenvalue weighted by molar-refractivity contribution is 5.79. The van der Waals surface area contributed by atoms with Crippen LogP contribution >= 0.6 is 0 Å². The molecule has 0 saturated heterocycles. The molecule has 1 amide bonds. The van der Waals surface area contributed by atoms with E-state index in [1.54, 1.807) is 7.11 Å². The molecular formula is C8H19N3O2. The summed E-state index contributed by atoms with van der Waals surface area (Å²) >= 11 is 0. The molecule has 4 N–H and O–H groups in total. The zero-order valence-electron chi connectivity index (χ0n) is 8.32. The van der Waals surface area contributed by atoms with Crippen LogP contribution < -0.4 is 11.5 Å². The molecule has 1 unspecified atom stereocenters. The molecule has 0 aromatic heterocycles. The lowest BCUT2D eigenvalue weighted by Gasteiger charge is -2.22. The predicted molar refractivity (Wildman–Crippen MR) is 51.2 cm³/mol. The van der Waals surface area contributed by atoms with Crippen LogP contribution in [0.2, 0.25) is 0 Å². The van der Waals surface area contributed by atoms with E-state index < -0.39 is 11.9 Å². The highest BCUT2D eigenvalue weighted by Crippen LogP contribution is 1.90. The van der Waals surface area contributed by atoms with E-state index in [4.69, 9.17) is 16.2 Å². The maximum atomic E-state index is 10.7. The summed E-state index contributed by atoms with van der Waals surface area (Å²) < 4.78 is 4.92. The number of carbonyl (C=O) groups is 1.